The van der Waals surface area contributed by atoms with E-state index in [4.69, 9.17) is 26.1 Å². The molecule has 0 unspecified atom stereocenters. The molecule has 0 N–H and O–H groups in total. The third kappa shape index (κ3) is 7.52. The van der Waals surface area contributed by atoms with E-state index in [0.29, 0.717) is 65.3 Å². The summed E-state index contributed by atoms with van der Waals surface area (Å²) in [6.45, 7) is 11.4. The topological polar surface area (TPSA) is 102 Å². The van der Waals surface area contributed by atoms with Gasteiger partial charge in [-0.1, -0.05) is 35.9 Å². The first-order chi connectivity index (χ1) is 19.8. The van der Waals surface area contributed by atoms with Crippen molar-refractivity contribution in [3.8, 4) is 5.75 Å². The summed E-state index contributed by atoms with van der Waals surface area (Å²) in [5.41, 5.74) is 2.59. The number of benzene rings is 2. The number of methoxy groups -OCH3 is 1. The Morgan fingerprint density at radius 2 is 1.71 bits per heavy atom. The number of hydrogen-bond donors (Lipinski definition) is 0. The van der Waals surface area contributed by atoms with Gasteiger partial charge in [0.25, 0.3) is 0 Å². The van der Waals surface area contributed by atoms with Gasteiger partial charge in [-0.05, 0) is 52.3 Å². The van der Waals surface area contributed by atoms with Crippen LogP contribution in [-0.2, 0) is 27.4 Å². The van der Waals surface area contributed by atoms with Gasteiger partial charge in [-0.15, -0.1) is 0 Å². The molecule has 0 spiro atoms. The second-order valence-corrected chi connectivity index (χ2v) is 14.5. The lowest BCUT2D eigenvalue weighted by Gasteiger charge is -2.37. The van der Waals surface area contributed by atoms with Crippen LogP contribution in [0.5, 0.6) is 5.75 Å². The summed E-state index contributed by atoms with van der Waals surface area (Å²) in [4.78, 5) is 25.8. The molecule has 1 aromatic heterocycles. The van der Waals surface area contributed by atoms with Crippen molar-refractivity contribution >= 4 is 33.2 Å². The van der Waals surface area contributed by atoms with Crippen LogP contribution < -0.4 is 9.64 Å². The highest BCUT2D eigenvalue weighted by Gasteiger charge is 2.27. The standard InChI is InChI=1S/C31H39ClN4O5S/c1-21(2)42(38,39)28-10-8-7-9-23(28)17-26-25(32)20-33-29(34-26)18-22-11-12-24(19-27(22)40-6)35-13-15-36(16-14-35)30(37)41-31(3,4)5/h7-12,19-21H,13-18H2,1-6H3. The molecule has 2 aromatic carbocycles. The van der Waals surface area contributed by atoms with Gasteiger partial charge in [-0.2, -0.15) is 0 Å². The smallest absolute Gasteiger partial charge is 0.410 e. The third-order valence-corrected chi connectivity index (χ3v) is 9.61. The zero-order chi connectivity index (χ0) is 30.7. The molecule has 0 aliphatic carbocycles. The Morgan fingerprint density at radius 1 is 1.02 bits per heavy atom. The van der Waals surface area contributed by atoms with Crippen LogP contribution in [0.3, 0.4) is 0 Å². The number of amides is 1. The Morgan fingerprint density at radius 3 is 2.36 bits per heavy atom. The fraction of sp³-hybridized carbons (Fsp3) is 0.452. The Kier molecular flexibility index (Phi) is 9.67. The molecule has 1 amide bonds. The number of halogens is 1. The Balaban J connectivity index is 1.49. The van der Waals surface area contributed by atoms with E-state index in [1.54, 1.807) is 50.3 Å². The second kappa shape index (κ2) is 12.9. The molecule has 1 aliphatic rings. The third-order valence-electron chi connectivity index (χ3n) is 7.04. The van der Waals surface area contributed by atoms with Crippen molar-refractivity contribution in [3.63, 3.8) is 0 Å². The van der Waals surface area contributed by atoms with Crippen LogP contribution in [0.2, 0.25) is 5.02 Å². The van der Waals surface area contributed by atoms with Gasteiger partial charge < -0.3 is 19.3 Å². The maximum absolute atomic E-state index is 12.9. The Labute approximate surface area is 253 Å². The number of anilines is 1. The van der Waals surface area contributed by atoms with E-state index in [9.17, 15) is 13.2 Å². The Bertz CT molecular complexity index is 1530. The normalized spacial score (nSPS) is 14.3. The lowest BCUT2D eigenvalue weighted by Crippen LogP contribution is -2.50. The van der Waals surface area contributed by atoms with E-state index in [1.165, 1.54) is 0 Å². The van der Waals surface area contributed by atoms with Crippen LogP contribution in [0.4, 0.5) is 10.5 Å². The van der Waals surface area contributed by atoms with Gasteiger partial charge in [0.05, 0.1) is 28.0 Å². The van der Waals surface area contributed by atoms with E-state index in [1.807, 2.05) is 45.0 Å². The van der Waals surface area contributed by atoms with Crippen LogP contribution in [0.15, 0.2) is 53.6 Å². The number of piperazine rings is 1. The quantitative estimate of drug-likeness (QED) is 0.325. The second-order valence-electron chi connectivity index (χ2n) is 11.6. The average Bonchev–Trinajstić information content (AvgIpc) is 2.94. The molecule has 3 aromatic rings. The summed E-state index contributed by atoms with van der Waals surface area (Å²) in [6, 6.07) is 13.0. The van der Waals surface area contributed by atoms with Crippen LogP contribution in [0.1, 0.15) is 57.3 Å². The first kappa shape index (κ1) is 31.6. The average molecular weight is 615 g/mol. The molecule has 0 saturated carbocycles. The molecule has 226 valence electrons. The maximum Gasteiger partial charge on any atom is 0.410 e. The van der Waals surface area contributed by atoms with E-state index in [2.05, 4.69) is 9.88 Å². The number of aromatic nitrogens is 2. The molecule has 1 fully saturated rings. The van der Waals surface area contributed by atoms with Crippen molar-refractivity contribution in [1.82, 2.24) is 14.9 Å². The highest BCUT2D eigenvalue weighted by atomic mass is 35.5. The highest BCUT2D eigenvalue weighted by Crippen LogP contribution is 2.29. The largest absolute Gasteiger partial charge is 0.496 e. The monoisotopic (exact) mass is 614 g/mol. The molecule has 42 heavy (non-hydrogen) atoms. The van der Waals surface area contributed by atoms with Gasteiger partial charge in [-0.3, -0.25) is 0 Å². The molecule has 0 bridgehead atoms. The Hall–Kier alpha value is -3.37. The SMILES string of the molecule is COc1cc(N2CCN(C(=O)OC(C)(C)C)CC2)ccc1Cc1ncc(Cl)c(Cc2ccccc2S(=O)(=O)C(C)C)n1. The fourth-order valence-corrected chi connectivity index (χ4v) is 6.17. The van der Waals surface area contributed by atoms with Gasteiger partial charge in [0.1, 0.15) is 17.2 Å². The lowest BCUT2D eigenvalue weighted by molar-refractivity contribution is 0.0240. The molecule has 0 radical (unpaired) electrons. The first-order valence-corrected chi connectivity index (χ1v) is 15.9. The number of carbonyl (C=O) groups excluding carboxylic acids is 1. The highest BCUT2D eigenvalue weighted by molar-refractivity contribution is 7.92. The maximum atomic E-state index is 12.9. The summed E-state index contributed by atoms with van der Waals surface area (Å²) in [7, 11) is -1.84. The summed E-state index contributed by atoms with van der Waals surface area (Å²) in [5, 5.41) is -0.164. The molecule has 11 heteroatoms. The van der Waals surface area contributed by atoms with Crippen LogP contribution in [0, 0.1) is 0 Å². The van der Waals surface area contributed by atoms with Crippen molar-refractivity contribution in [3.05, 3.63) is 76.3 Å². The molecule has 1 saturated heterocycles. The van der Waals surface area contributed by atoms with E-state index >= 15 is 0 Å². The van der Waals surface area contributed by atoms with Crippen LogP contribution >= 0.6 is 11.6 Å². The van der Waals surface area contributed by atoms with Gasteiger partial charge in [0, 0.05) is 62.5 Å². The van der Waals surface area contributed by atoms with E-state index in [0.717, 1.165) is 11.3 Å². The van der Waals surface area contributed by atoms with E-state index in [-0.39, 0.29) is 12.5 Å². The summed E-state index contributed by atoms with van der Waals surface area (Å²) in [6.07, 6.45) is 1.94. The molecular weight excluding hydrogens is 576 g/mol. The van der Waals surface area contributed by atoms with Crippen LogP contribution in [0.25, 0.3) is 0 Å². The summed E-state index contributed by atoms with van der Waals surface area (Å²) < 4.78 is 37.1. The molecule has 2 heterocycles. The molecular formula is C31H39ClN4O5S. The molecule has 0 atom stereocenters. The van der Waals surface area contributed by atoms with Gasteiger partial charge in [0.15, 0.2) is 9.84 Å². The van der Waals surface area contributed by atoms with Crippen molar-refractivity contribution in [2.24, 2.45) is 0 Å². The number of ether oxygens (including phenoxy) is 2. The minimum atomic E-state index is -3.47. The first-order valence-electron chi connectivity index (χ1n) is 14.0. The number of nitrogens with zero attached hydrogens (tertiary/aromatic N) is 4. The minimum Gasteiger partial charge on any atom is -0.496 e. The van der Waals surface area contributed by atoms with Gasteiger partial charge in [-0.25, -0.2) is 23.2 Å². The van der Waals surface area contributed by atoms with Gasteiger partial charge >= 0.3 is 6.09 Å². The zero-order valence-corrected chi connectivity index (χ0v) is 26.6. The van der Waals surface area contributed by atoms with Crippen LogP contribution in [-0.4, -0.2) is 73.5 Å². The lowest BCUT2D eigenvalue weighted by atomic mass is 10.1. The van der Waals surface area contributed by atoms with Crippen molar-refractivity contribution in [2.75, 3.05) is 38.2 Å². The van der Waals surface area contributed by atoms with Crippen molar-refractivity contribution < 1.29 is 22.7 Å². The minimum absolute atomic E-state index is 0.266. The number of hydrogen-bond acceptors (Lipinski definition) is 8. The zero-order valence-electron chi connectivity index (χ0n) is 25.1. The summed E-state index contributed by atoms with van der Waals surface area (Å²) in [5.74, 6) is 1.26. The van der Waals surface area contributed by atoms with Gasteiger partial charge in [0.2, 0.25) is 0 Å². The number of rotatable bonds is 8. The number of carbonyl (C=O) groups is 1. The van der Waals surface area contributed by atoms with Crippen molar-refractivity contribution in [2.45, 2.75) is 63.2 Å². The molecule has 1 aliphatic heterocycles. The number of sulfone groups is 1. The molecule has 9 nitrogen and oxygen atoms in total. The predicted molar refractivity (Wildman–Crippen MR) is 164 cm³/mol. The fourth-order valence-electron chi connectivity index (χ4n) is 4.73. The summed E-state index contributed by atoms with van der Waals surface area (Å²) >= 11 is 6.47. The predicted octanol–water partition coefficient (Wildman–Crippen LogP) is 5.56. The van der Waals surface area contributed by atoms with Crippen molar-refractivity contribution in [1.29, 1.82) is 0 Å². The van der Waals surface area contributed by atoms with E-state index < -0.39 is 20.7 Å². The molecule has 4 rings (SSSR count).